The summed E-state index contributed by atoms with van der Waals surface area (Å²) in [6.45, 7) is 0.593. The molecule has 2 amide bonds. The number of carboxylic acid groups (broad SMARTS) is 1. The molecule has 1 fully saturated rings. The van der Waals surface area contributed by atoms with Crippen molar-refractivity contribution < 1.29 is 23.9 Å². The number of benzene rings is 2. The second kappa shape index (κ2) is 9.32. The molecule has 6 nitrogen and oxygen atoms in total. The maximum atomic E-state index is 13.0. The number of hydrogen-bond acceptors (Lipinski definition) is 3. The summed E-state index contributed by atoms with van der Waals surface area (Å²) in [5, 5.41) is 11.7. The number of carbonyl (C=O) groups is 3. The number of anilines is 1. The number of carbonyl (C=O) groups excluding carboxylic acids is 2. The minimum atomic E-state index is -0.867. The molecular formula is C22H23FN2O4. The standard InChI is InChI=1S/C22H23FN2O4/c23-17-9-7-15(8-10-17)21(28)24-18-5-3-4-16(14-18)22(29)25-13-2-1-6-19(25)11-12-20(26)27/h3-5,7-10,14,19H,1-2,6,11-13H2,(H,24,28)(H,26,27). The maximum Gasteiger partial charge on any atom is 0.303 e. The van der Waals surface area contributed by atoms with E-state index in [4.69, 9.17) is 5.11 Å². The molecule has 0 spiro atoms. The Bertz CT molecular complexity index is 898. The Morgan fingerprint density at radius 2 is 1.83 bits per heavy atom. The van der Waals surface area contributed by atoms with Crippen molar-refractivity contribution in [2.75, 3.05) is 11.9 Å². The first-order valence-electron chi connectivity index (χ1n) is 9.64. The van der Waals surface area contributed by atoms with Crippen LogP contribution < -0.4 is 5.32 Å². The lowest BCUT2D eigenvalue weighted by molar-refractivity contribution is -0.137. The van der Waals surface area contributed by atoms with Crippen LogP contribution in [0.2, 0.25) is 0 Å². The van der Waals surface area contributed by atoms with Crippen LogP contribution in [-0.2, 0) is 4.79 Å². The number of hydrogen-bond donors (Lipinski definition) is 2. The molecule has 1 aliphatic rings. The summed E-state index contributed by atoms with van der Waals surface area (Å²) in [5.41, 5.74) is 1.21. The van der Waals surface area contributed by atoms with Gasteiger partial charge in [0.05, 0.1) is 0 Å². The number of nitrogens with zero attached hydrogens (tertiary/aromatic N) is 1. The molecular weight excluding hydrogens is 375 g/mol. The van der Waals surface area contributed by atoms with Gasteiger partial charge in [-0.1, -0.05) is 6.07 Å². The predicted octanol–water partition coefficient (Wildman–Crippen LogP) is 3.94. The third-order valence-electron chi connectivity index (χ3n) is 5.05. The predicted molar refractivity (Wildman–Crippen MR) is 106 cm³/mol. The van der Waals surface area contributed by atoms with Gasteiger partial charge in [-0.25, -0.2) is 4.39 Å². The normalized spacial score (nSPS) is 16.3. The van der Waals surface area contributed by atoms with Gasteiger partial charge in [-0.15, -0.1) is 0 Å². The Morgan fingerprint density at radius 3 is 2.55 bits per heavy atom. The number of carboxylic acids is 1. The van der Waals surface area contributed by atoms with E-state index in [1.54, 1.807) is 29.2 Å². The molecule has 29 heavy (non-hydrogen) atoms. The van der Waals surface area contributed by atoms with Crippen molar-refractivity contribution in [3.63, 3.8) is 0 Å². The van der Waals surface area contributed by atoms with Crippen molar-refractivity contribution in [1.82, 2.24) is 4.90 Å². The Kier molecular flexibility index (Phi) is 6.59. The number of nitrogens with one attached hydrogen (secondary N) is 1. The lowest BCUT2D eigenvalue weighted by Crippen LogP contribution is -2.44. The Morgan fingerprint density at radius 1 is 1.07 bits per heavy atom. The summed E-state index contributed by atoms with van der Waals surface area (Å²) >= 11 is 0. The Hall–Kier alpha value is -3.22. The first-order chi connectivity index (χ1) is 13.9. The lowest BCUT2D eigenvalue weighted by Gasteiger charge is -2.35. The number of likely N-dealkylation sites (tertiary alicyclic amines) is 1. The highest BCUT2D eigenvalue weighted by Gasteiger charge is 2.28. The molecule has 1 heterocycles. The van der Waals surface area contributed by atoms with Gasteiger partial charge in [-0.3, -0.25) is 14.4 Å². The van der Waals surface area contributed by atoms with Gasteiger partial charge in [-0.2, -0.15) is 0 Å². The zero-order valence-electron chi connectivity index (χ0n) is 15.9. The number of aliphatic carboxylic acids is 1. The van der Waals surface area contributed by atoms with Crippen molar-refractivity contribution in [3.8, 4) is 0 Å². The summed E-state index contributed by atoms with van der Waals surface area (Å²) in [4.78, 5) is 38.0. The zero-order chi connectivity index (χ0) is 20.8. The van der Waals surface area contributed by atoms with Crippen molar-refractivity contribution in [2.45, 2.75) is 38.1 Å². The van der Waals surface area contributed by atoms with Crippen LogP contribution in [-0.4, -0.2) is 40.4 Å². The minimum Gasteiger partial charge on any atom is -0.481 e. The van der Waals surface area contributed by atoms with Gasteiger partial charge in [0.15, 0.2) is 0 Å². The van der Waals surface area contributed by atoms with Gasteiger partial charge in [0.1, 0.15) is 5.82 Å². The highest BCUT2D eigenvalue weighted by molar-refractivity contribution is 6.05. The molecule has 2 aromatic rings. The molecule has 0 saturated carbocycles. The van der Waals surface area contributed by atoms with E-state index in [0.717, 1.165) is 19.3 Å². The van der Waals surface area contributed by atoms with E-state index in [0.29, 0.717) is 29.8 Å². The summed E-state index contributed by atoms with van der Waals surface area (Å²) in [7, 11) is 0. The fourth-order valence-corrected chi connectivity index (χ4v) is 3.56. The van der Waals surface area contributed by atoms with Crippen molar-refractivity contribution in [1.29, 1.82) is 0 Å². The van der Waals surface area contributed by atoms with Gasteiger partial charge in [-0.05, 0) is 68.1 Å². The summed E-state index contributed by atoms with van der Waals surface area (Å²) in [6.07, 6.45) is 3.11. The van der Waals surface area contributed by atoms with Gasteiger partial charge in [0.25, 0.3) is 11.8 Å². The molecule has 1 unspecified atom stereocenters. The largest absolute Gasteiger partial charge is 0.481 e. The number of amides is 2. The van der Waals surface area contributed by atoms with Gasteiger partial charge in [0, 0.05) is 35.8 Å². The Labute approximate surface area is 168 Å². The van der Waals surface area contributed by atoms with Gasteiger partial charge in [0.2, 0.25) is 0 Å². The average Bonchev–Trinajstić information content (AvgIpc) is 2.72. The first kappa shape index (κ1) is 20.5. The summed E-state index contributed by atoms with van der Waals surface area (Å²) < 4.78 is 13.0. The molecule has 1 aliphatic heterocycles. The number of halogens is 1. The summed E-state index contributed by atoms with van der Waals surface area (Å²) in [6, 6.07) is 11.8. The van der Waals surface area contributed by atoms with Crippen molar-refractivity contribution in [3.05, 3.63) is 65.5 Å². The molecule has 0 radical (unpaired) electrons. The molecule has 0 bridgehead atoms. The van der Waals surface area contributed by atoms with Gasteiger partial charge >= 0.3 is 5.97 Å². The van der Waals surface area contributed by atoms with Gasteiger partial charge < -0.3 is 15.3 Å². The fraction of sp³-hybridized carbons (Fsp3) is 0.318. The SMILES string of the molecule is O=C(O)CCC1CCCCN1C(=O)c1cccc(NC(=O)c2ccc(F)cc2)c1. The summed E-state index contributed by atoms with van der Waals surface area (Å²) in [5.74, 6) is -1.86. The van der Waals surface area contributed by atoms with Crippen molar-refractivity contribution >= 4 is 23.5 Å². The maximum absolute atomic E-state index is 13.0. The first-order valence-corrected chi connectivity index (χ1v) is 9.64. The van der Waals surface area contributed by atoms with E-state index >= 15 is 0 Å². The van der Waals surface area contributed by atoms with E-state index in [-0.39, 0.29) is 18.4 Å². The lowest BCUT2D eigenvalue weighted by atomic mass is 9.97. The number of piperidine rings is 1. The molecule has 3 rings (SSSR count). The van der Waals surface area contributed by atoms with E-state index in [9.17, 15) is 18.8 Å². The van der Waals surface area contributed by atoms with Crippen LogP contribution in [0.1, 0.15) is 52.8 Å². The van der Waals surface area contributed by atoms with Crippen LogP contribution in [0.25, 0.3) is 0 Å². The quantitative estimate of drug-likeness (QED) is 0.772. The molecule has 1 atom stereocenters. The average molecular weight is 398 g/mol. The molecule has 2 N–H and O–H groups in total. The molecule has 0 aliphatic carbocycles. The smallest absolute Gasteiger partial charge is 0.303 e. The van der Waals surface area contributed by atoms with Crippen molar-refractivity contribution in [2.24, 2.45) is 0 Å². The van der Waals surface area contributed by atoms with Crippen LogP contribution in [0.15, 0.2) is 48.5 Å². The molecule has 7 heteroatoms. The van der Waals surface area contributed by atoms with E-state index in [1.165, 1.54) is 24.3 Å². The second-order valence-electron chi connectivity index (χ2n) is 7.12. The van der Waals surface area contributed by atoms with Crippen LogP contribution in [0.5, 0.6) is 0 Å². The minimum absolute atomic E-state index is 0.0300. The van der Waals surface area contributed by atoms with Crippen LogP contribution >= 0.6 is 0 Å². The fourth-order valence-electron chi connectivity index (χ4n) is 3.56. The van der Waals surface area contributed by atoms with Crippen LogP contribution in [0.3, 0.4) is 0 Å². The van der Waals surface area contributed by atoms with E-state index in [2.05, 4.69) is 5.32 Å². The second-order valence-corrected chi connectivity index (χ2v) is 7.12. The third-order valence-corrected chi connectivity index (χ3v) is 5.05. The van der Waals surface area contributed by atoms with E-state index < -0.39 is 17.7 Å². The Balaban J connectivity index is 1.71. The molecule has 2 aromatic carbocycles. The van der Waals surface area contributed by atoms with Crippen LogP contribution in [0, 0.1) is 5.82 Å². The topological polar surface area (TPSA) is 86.7 Å². The van der Waals surface area contributed by atoms with E-state index in [1.807, 2.05) is 0 Å². The molecule has 152 valence electrons. The highest BCUT2D eigenvalue weighted by atomic mass is 19.1. The van der Waals surface area contributed by atoms with Crippen LogP contribution in [0.4, 0.5) is 10.1 Å². The number of rotatable bonds is 6. The highest BCUT2D eigenvalue weighted by Crippen LogP contribution is 2.24. The third kappa shape index (κ3) is 5.40. The zero-order valence-corrected chi connectivity index (χ0v) is 15.9. The molecule has 0 aromatic heterocycles. The molecule has 1 saturated heterocycles. The monoisotopic (exact) mass is 398 g/mol.